The second kappa shape index (κ2) is 16.1. The molecule has 0 aliphatic carbocycles. The minimum absolute atomic E-state index is 0.313. The minimum Gasteiger partial charge on any atom is -0.481 e. The molecule has 0 rings (SSSR count). The third kappa shape index (κ3) is 17.0. The molecule has 0 aromatic rings. The van der Waals surface area contributed by atoms with Crippen LogP contribution in [0.3, 0.4) is 0 Å². The molecule has 1 N–H and O–H groups in total. The van der Waals surface area contributed by atoms with Crippen LogP contribution in [-0.4, -0.2) is 11.1 Å². The lowest BCUT2D eigenvalue weighted by Crippen LogP contribution is -1.93. The summed E-state index contributed by atoms with van der Waals surface area (Å²) in [6, 6.07) is 0. The number of aliphatic carboxylic acids is 1. The highest BCUT2D eigenvalue weighted by atomic mass is 16.4. The van der Waals surface area contributed by atoms with E-state index >= 15 is 0 Å². The molecule has 0 unspecified atom stereocenters. The molecule has 0 heterocycles. The van der Waals surface area contributed by atoms with Crippen molar-refractivity contribution in [2.75, 3.05) is 0 Å². The topological polar surface area (TPSA) is 37.3 Å². The Kier molecular flexibility index (Phi) is 15.3. The van der Waals surface area contributed by atoms with Gasteiger partial charge in [-0.3, -0.25) is 4.79 Å². The second-order valence-corrected chi connectivity index (χ2v) is 5.39. The van der Waals surface area contributed by atoms with Gasteiger partial charge in [-0.2, -0.15) is 0 Å². The van der Waals surface area contributed by atoms with Gasteiger partial charge in [-0.15, -0.1) is 5.92 Å². The first kappa shape index (κ1) is 19.0. The maximum absolute atomic E-state index is 10.3. The highest BCUT2D eigenvalue weighted by molar-refractivity contribution is 5.66. The number of unbranched alkanes of at least 4 members (excludes halogenated alkanes) is 11. The Labute approximate surface area is 125 Å². The third-order valence-electron chi connectivity index (χ3n) is 3.35. The van der Waals surface area contributed by atoms with Crippen LogP contribution in [0.25, 0.3) is 0 Å². The van der Waals surface area contributed by atoms with Crippen molar-refractivity contribution in [2.45, 2.75) is 90.4 Å². The lowest BCUT2D eigenvalue weighted by Gasteiger charge is -1.97. The van der Waals surface area contributed by atoms with Gasteiger partial charge in [-0.25, -0.2) is 0 Å². The molecule has 0 aliphatic heterocycles. The van der Waals surface area contributed by atoms with Crippen molar-refractivity contribution in [3.63, 3.8) is 0 Å². The Morgan fingerprint density at radius 3 is 2.35 bits per heavy atom. The van der Waals surface area contributed by atoms with Gasteiger partial charge in [0.15, 0.2) is 0 Å². The van der Waals surface area contributed by atoms with Crippen LogP contribution in [0.4, 0.5) is 0 Å². The van der Waals surface area contributed by atoms with E-state index in [1.807, 2.05) is 0 Å². The predicted octanol–water partition coefficient (Wildman–Crippen LogP) is 5.37. The van der Waals surface area contributed by atoms with Gasteiger partial charge in [0.05, 0.1) is 0 Å². The normalized spacial score (nSPS) is 10.1. The molecule has 0 spiro atoms. The Balaban J connectivity index is 3.11. The van der Waals surface area contributed by atoms with Crippen molar-refractivity contribution in [1.82, 2.24) is 0 Å². The van der Waals surface area contributed by atoms with Crippen LogP contribution in [0.5, 0.6) is 0 Å². The van der Waals surface area contributed by atoms with Gasteiger partial charge in [0.25, 0.3) is 0 Å². The summed E-state index contributed by atoms with van der Waals surface area (Å²) in [6.07, 6.45) is 16.5. The summed E-state index contributed by atoms with van der Waals surface area (Å²) >= 11 is 0. The largest absolute Gasteiger partial charge is 0.481 e. The molecule has 0 saturated carbocycles. The second-order valence-electron chi connectivity index (χ2n) is 5.39. The van der Waals surface area contributed by atoms with E-state index in [-0.39, 0.29) is 0 Å². The first-order valence-electron chi connectivity index (χ1n) is 8.29. The summed E-state index contributed by atoms with van der Waals surface area (Å²) in [5, 5.41) is 8.50. The maximum atomic E-state index is 10.3. The fraction of sp³-hybridized carbons (Fsp3) is 0.778. The summed E-state index contributed by atoms with van der Waals surface area (Å²) in [4.78, 5) is 10.3. The Bertz CT molecular complexity index is 273. The lowest BCUT2D eigenvalue weighted by molar-refractivity contribution is -0.137. The average molecular weight is 279 g/mol. The predicted molar refractivity (Wildman–Crippen MR) is 85.4 cm³/mol. The highest BCUT2D eigenvalue weighted by Crippen LogP contribution is 2.07. The van der Waals surface area contributed by atoms with E-state index in [9.17, 15) is 4.79 Å². The van der Waals surface area contributed by atoms with E-state index in [0.717, 1.165) is 38.5 Å². The number of hydrogen-bond donors (Lipinski definition) is 1. The summed E-state index contributed by atoms with van der Waals surface area (Å²) < 4.78 is 0. The monoisotopic (exact) mass is 279 g/mol. The number of carbonyl (C=O) groups is 1. The van der Waals surface area contributed by atoms with Gasteiger partial charge >= 0.3 is 5.97 Å². The standard InChI is InChI=1S/C18H31O2/c1-2-3-4-5-6-7-8-9-10-11-12-13-14-15-16-17-18(19)20/h8H,2-7,11-17H2,1H3,(H,19,20). The van der Waals surface area contributed by atoms with E-state index in [2.05, 4.69) is 25.2 Å². The molecule has 0 aromatic carbocycles. The van der Waals surface area contributed by atoms with Gasteiger partial charge in [-0.05, 0) is 19.3 Å². The van der Waals surface area contributed by atoms with E-state index in [1.54, 1.807) is 0 Å². The van der Waals surface area contributed by atoms with E-state index in [1.165, 1.54) is 38.5 Å². The first-order chi connectivity index (χ1) is 9.77. The molecular formula is C18H31O2. The summed E-state index contributed by atoms with van der Waals surface area (Å²) in [5.41, 5.74) is 0. The van der Waals surface area contributed by atoms with Crippen molar-refractivity contribution in [1.29, 1.82) is 0 Å². The lowest BCUT2D eigenvalue weighted by atomic mass is 10.1. The number of hydrogen-bond acceptors (Lipinski definition) is 1. The summed E-state index contributed by atoms with van der Waals surface area (Å²) in [7, 11) is 0. The quantitative estimate of drug-likeness (QED) is 0.363. The fourth-order valence-electron chi connectivity index (χ4n) is 2.09. The Morgan fingerprint density at radius 2 is 1.60 bits per heavy atom. The smallest absolute Gasteiger partial charge is 0.303 e. The molecule has 0 fully saturated rings. The molecule has 0 saturated heterocycles. The van der Waals surface area contributed by atoms with Crippen LogP contribution in [0, 0.1) is 18.3 Å². The third-order valence-corrected chi connectivity index (χ3v) is 3.35. The molecule has 20 heavy (non-hydrogen) atoms. The molecule has 2 heteroatoms. The number of carboxylic acids is 1. The molecule has 1 radical (unpaired) electrons. The van der Waals surface area contributed by atoms with Crippen LogP contribution < -0.4 is 0 Å². The van der Waals surface area contributed by atoms with Crippen molar-refractivity contribution >= 4 is 5.97 Å². The van der Waals surface area contributed by atoms with Gasteiger partial charge in [0.2, 0.25) is 0 Å². The van der Waals surface area contributed by atoms with Gasteiger partial charge < -0.3 is 5.11 Å². The SMILES string of the molecule is CCCCCCC[CH]C#CCCCCCCCC(=O)O. The zero-order valence-corrected chi connectivity index (χ0v) is 13.1. The summed E-state index contributed by atoms with van der Waals surface area (Å²) in [5.74, 6) is 5.66. The van der Waals surface area contributed by atoms with Crippen molar-refractivity contribution in [2.24, 2.45) is 0 Å². The van der Waals surface area contributed by atoms with Crippen LogP contribution in [0.15, 0.2) is 0 Å². The zero-order valence-electron chi connectivity index (χ0n) is 13.1. The van der Waals surface area contributed by atoms with Crippen molar-refractivity contribution < 1.29 is 9.90 Å². The Hall–Kier alpha value is -0.970. The Morgan fingerprint density at radius 1 is 0.950 bits per heavy atom. The molecule has 0 bridgehead atoms. The van der Waals surface area contributed by atoms with E-state index in [4.69, 9.17) is 5.11 Å². The first-order valence-corrected chi connectivity index (χ1v) is 8.29. The number of carboxylic acid groups (broad SMARTS) is 1. The van der Waals surface area contributed by atoms with Crippen LogP contribution in [-0.2, 0) is 4.79 Å². The fourth-order valence-corrected chi connectivity index (χ4v) is 2.09. The van der Waals surface area contributed by atoms with Crippen LogP contribution in [0.2, 0.25) is 0 Å². The van der Waals surface area contributed by atoms with Crippen molar-refractivity contribution in [3.8, 4) is 11.8 Å². The van der Waals surface area contributed by atoms with E-state index < -0.39 is 5.97 Å². The van der Waals surface area contributed by atoms with Crippen LogP contribution in [0.1, 0.15) is 90.4 Å². The van der Waals surface area contributed by atoms with Gasteiger partial charge in [-0.1, -0.05) is 64.2 Å². The summed E-state index contributed by atoms with van der Waals surface area (Å²) in [6.45, 7) is 2.24. The molecule has 0 aliphatic rings. The van der Waals surface area contributed by atoms with Crippen LogP contribution >= 0.6 is 0 Å². The number of rotatable bonds is 13. The highest BCUT2D eigenvalue weighted by Gasteiger charge is 1.95. The van der Waals surface area contributed by atoms with E-state index in [0.29, 0.717) is 6.42 Å². The van der Waals surface area contributed by atoms with Gasteiger partial charge in [0.1, 0.15) is 0 Å². The minimum atomic E-state index is -0.680. The molecule has 0 aromatic heterocycles. The molecule has 0 atom stereocenters. The van der Waals surface area contributed by atoms with Gasteiger partial charge in [0, 0.05) is 19.3 Å². The molecule has 2 nitrogen and oxygen atoms in total. The zero-order chi connectivity index (χ0) is 14.9. The molecule has 0 amide bonds. The molecular weight excluding hydrogens is 248 g/mol. The maximum Gasteiger partial charge on any atom is 0.303 e. The van der Waals surface area contributed by atoms with Crippen molar-refractivity contribution in [3.05, 3.63) is 6.42 Å². The average Bonchev–Trinajstić information content (AvgIpc) is 2.43. The molecule has 115 valence electrons.